The third-order valence-corrected chi connectivity index (χ3v) is 13.6. The molecule has 2 heteroatoms. The van der Waals surface area contributed by atoms with E-state index in [0.717, 1.165) is 11.8 Å². The molecule has 2 fully saturated rings. The van der Waals surface area contributed by atoms with Crippen molar-refractivity contribution in [3.05, 3.63) is 151 Å². The number of para-hydroxylation sites is 1. The Balaban J connectivity index is 1.14. The summed E-state index contributed by atoms with van der Waals surface area (Å²) in [4.78, 5) is 2.46. The molecule has 1 heterocycles. The number of benzene rings is 6. The first-order valence-electron chi connectivity index (χ1n) is 18.2. The van der Waals surface area contributed by atoms with Gasteiger partial charge in [0.1, 0.15) is 0 Å². The lowest BCUT2D eigenvalue weighted by Crippen LogP contribution is -2.49. The average molecular weight is 652 g/mol. The number of nitrogens with zero attached hydrogens (tertiary/aromatic N) is 1. The van der Waals surface area contributed by atoms with Crippen LogP contribution in [0.3, 0.4) is 0 Å². The fourth-order valence-corrected chi connectivity index (χ4v) is 11.9. The lowest BCUT2D eigenvalue weighted by atomic mass is 9.49. The summed E-state index contributed by atoms with van der Waals surface area (Å²) in [6, 6.07) is 52.5. The Morgan fingerprint density at radius 3 is 2.18 bits per heavy atom. The molecule has 1 nitrogen and oxygen atoms in total. The maximum atomic E-state index is 2.56. The average Bonchev–Trinajstić information content (AvgIpc) is 3.66. The van der Waals surface area contributed by atoms with Gasteiger partial charge in [-0.1, -0.05) is 111 Å². The predicted molar refractivity (Wildman–Crippen MR) is 209 cm³/mol. The van der Waals surface area contributed by atoms with Crippen LogP contribution in [0.25, 0.3) is 42.4 Å². The van der Waals surface area contributed by atoms with E-state index in [9.17, 15) is 0 Å². The number of fused-ring (bicyclic) bond motifs is 11. The highest BCUT2D eigenvalue weighted by molar-refractivity contribution is 7.26. The Kier molecular flexibility index (Phi) is 6.68. The van der Waals surface area contributed by atoms with Gasteiger partial charge in [-0.05, 0) is 125 Å². The van der Waals surface area contributed by atoms with Crippen molar-refractivity contribution < 1.29 is 0 Å². The number of rotatable bonds is 4. The van der Waals surface area contributed by atoms with Crippen molar-refractivity contribution in [2.24, 2.45) is 23.7 Å². The molecule has 0 aliphatic heterocycles. The van der Waals surface area contributed by atoms with Gasteiger partial charge in [0.25, 0.3) is 0 Å². The quantitative estimate of drug-likeness (QED) is 0.183. The SMILES string of the molecule is C[C@H]1C[C@@H]2C[C@H](C1)C1(c3ccccc3-c3cc(N(c4ccccc4)c4cccc(-c5cccc6c5sc5ccccc56)c4)ccc31)[C@H](C)C2. The molecule has 2 saturated carbocycles. The van der Waals surface area contributed by atoms with Crippen molar-refractivity contribution in [3.63, 3.8) is 0 Å². The van der Waals surface area contributed by atoms with Crippen LogP contribution in [-0.4, -0.2) is 0 Å². The number of anilines is 3. The molecule has 1 unspecified atom stereocenters. The number of thiophene rings is 1. The monoisotopic (exact) mass is 651 g/mol. The van der Waals surface area contributed by atoms with Crippen LogP contribution >= 0.6 is 11.3 Å². The van der Waals surface area contributed by atoms with Crippen molar-refractivity contribution in [1.29, 1.82) is 0 Å². The second-order valence-corrected chi connectivity index (χ2v) is 16.2. The molecular weight excluding hydrogens is 611 g/mol. The van der Waals surface area contributed by atoms with Gasteiger partial charge < -0.3 is 4.90 Å². The molecule has 0 radical (unpaired) electrons. The summed E-state index contributed by atoms with van der Waals surface area (Å²) in [6.45, 7) is 5.06. The summed E-state index contributed by atoms with van der Waals surface area (Å²) in [5.74, 6) is 3.03. The van der Waals surface area contributed by atoms with Crippen LogP contribution in [0.2, 0.25) is 0 Å². The van der Waals surface area contributed by atoms with Gasteiger partial charge in [-0.2, -0.15) is 0 Å². The van der Waals surface area contributed by atoms with Crippen molar-refractivity contribution in [3.8, 4) is 22.3 Å². The largest absolute Gasteiger partial charge is 0.310 e. The van der Waals surface area contributed by atoms with E-state index in [-0.39, 0.29) is 5.41 Å². The van der Waals surface area contributed by atoms with Crippen LogP contribution in [0, 0.1) is 23.7 Å². The zero-order chi connectivity index (χ0) is 32.7. The molecule has 0 saturated heterocycles. The highest BCUT2D eigenvalue weighted by Gasteiger charge is 2.56. The molecule has 0 amide bonds. The van der Waals surface area contributed by atoms with Gasteiger partial charge in [-0.3, -0.25) is 0 Å². The Morgan fingerprint density at radius 2 is 1.27 bits per heavy atom. The molecule has 3 aliphatic rings. The molecule has 5 atom stereocenters. The van der Waals surface area contributed by atoms with Gasteiger partial charge in [-0.15, -0.1) is 11.3 Å². The van der Waals surface area contributed by atoms with Crippen LogP contribution in [0.1, 0.15) is 50.7 Å². The molecule has 7 aromatic rings. The van der Waals surface area contributed by atoms with Gasteiger partial charge in [0.15, 0.2) is 0 Å². The predicted octanol–water partition coefficient (Wildman–Crippen LogP) is 13.5. The standard InChI is InChI=1S/C47H41NS/c1-30-24-32-26-31(2)47(34(25-30)27-32)43-20-8-6-16-39(43)42-29-37(22-23-44(42)47)48(35-13-4-3-5-14-35)36-15-10-12-33(28-36)38-18-11-19-41-40-17-7-9-21-45(40)49-46(38)41/h3-23,28-32,34H,24-27H2,1-2H3/t30-,31+,32-,34-,47?/m0/s1. The topological polar surface area (TPSA) is 3.24 Å². The Hall–Kier alpha value is -4.66. The molecule has 3 aliphatic carbocycles. The highest BCUT2D eigenvalue weighted by Crippen LogP contribution is 2.65. The fraction of sp³-hybridized carbons (Fsp3) is 0.234. The van der Waals surface area contributed by atoms with Gasteiger partial charge in [0, 0.05) is 42.6 Å². The van der Waals surface area contributed by atoms with E-state index in [0.29, 0.717) is 11.8 Å². The van der Waals surface area contributed by atoms with E-state index in [2.05, 4.69) is 158 Å². The summed E-state index contributed by atoms with van der Waals surface area (Å²) >= 11 is 1.90. The van der Waals surface area contributed by atoms with Gasteiger partial charge in [0.05, 0.1) is 0 Å². The molecule has 0 N–H and O–H groups in total. The number of hydrogen-bond acceptors (Lipinski definition) is 2. The molecule has 49 heavy (non-hydrogen) atoms. The third kappa shape index (κ3) is 4.36. The summed E-state index contributed by atoms with van der Waals surface area (Å²) in [7, 11) is 0. The van der Waals surface area contributed by atoms with Crippen LogP contribution in [0.4, 0.5) is 17.1 Å². The van der Waals surface area contributed by atoms with Crippen molar-refractivity contribution in [2.45, 2.75) is 44.9 Å². The van der Waals surface area contributed by atoms with E-state index in [4.69, 9.17) is 0 Å². The summed E-state index contributed by atoms with van der Waals surface area (Å²) in [5, 5.41) is 2.68. The molecule has 240 valence electrons. The van der Waals surface area contributed by atoms with Crippen molar-refractivity contribution in [1.82, 2.24) is 0 Å². The molecule has 1 spiro atoms. The first kappa shape index (κ1) is 29.3. The smallest absolute Gasteiger partial charge is 0.0468 e. The van der Waals surface area contributed by atoms with Crippen molar-refractivity contribution >= 4 is 48.6 Å². The summed E-state index contributed by atoms with van der Waals surface area (Å²) in [5.41, 5.74) is 12.3. The van der Waals surface area contributed by atoms with Gasteiger partial charge in [-0.25, -0.2) is 0 Å². The molecule has 1 aromatic heterocycles. The van der Waals surface area contributed by atoms with Crippen LogP contribution < -0.4 is 4.90 Å². The van der Waals surface area contributed by atoms with Crippen LogP contribution in [0.5, 0.6) is 0 Å². The van der Waals surface area contributed by atoms with E-state index in [1.54, 1.807) is 11.1 Å². The molecule has 6 aromatic carbocycles. The molecule has 10 rings (SSSR count). The van der Waals surface area contributed by atoms with Crippen LogP contribution in [-0.2, 0) is 5.41 Å². The Morgan fingerprint density at radius 1 is 0.551 bits per heavy atom. The summed E-state index contributed by atoms with van der Waals surface area (Å²) in [6.07, 6.45) is 5.46. The first-order chi connectivity index (χ1) is 24.1. The second kappa shape index (κ2) is 11.2. The Labute approximate surface area is 293 Å². The van der Waals surface area contributed by atoms with E-state index in [1.165, 1.54) is 85.2 Å². The molecular formula is C47H41NS. The normalized spacial score (nSPS) is 23.9. The van der Waals surface area contributed by atoms with Crippen LogP contribution in [0.15, 0.2) is 140 Å². The minimum atomic E-state index is 0.107. The first-order valence-corrected chi connectivity index (χ1v) is 19.0. The lowest BCUT2D eigenvalue weighted by Gasteiger charge is -2.54. The zero-order valence-corrected chi connectivity index (χ0v) is 29.1. The van der Waals surface area contributed by atoms with E-state index >= 15 is 0 Å². The van der Waals surface area contributed by atoms with E-state index < -0.39 is 0 Å². The maximum Gasteiger partial charge on any atom is 0.0468 e. The lowest BCUT2D eigenvalue weighted by molar-refractivity contribution is 0.0426. The summed E-state index contributed by atoms with van der Waals surface area (Å²) < 4.78 is 2.70. The van der Waals surface area contributed by atoms with Gasteiger partial charge >= 0.3 is 0 Å². The zero-order valence-electron chi connectivity index (χ0n) is 28.3. The highest BCUT2D eigenvalue weighted by atomic mass is 32.1. The maximum absolute atomic E-state index is 2.56. The molecule has 2 bridgehead atoms. The fourth-order valence-electron chi connectivity index (χ4n) is 10.7. The van der Waals surface area contributed by atoms with Gasteiger partial charge in [0.2, 0.25) is 0 Å². The van der Waals surface area contributed by atoms with Crippen molar-refractivity contribution in [2.75, 3.05) is 4.90 Å². The Bertz CT molecular complexity index is 2360. The number of hydrogen-bond donors (Lipinski definition) is 0. The minimum Gasteiger partial charge on any atom is -0.310 e. The second-order valence-electron chi connectivity index (χ2n) is 15.2. The third-order valence-electron chi connectivity index (χ3n) is 12.4. The van der Waals surface area contributed by atoms with E-state index in [1.807, 2.05) is 11.3 Å². The minimum absolute atomic E-state index is 0.107.